The third-order valence-electron chi connectivity index (χ3n) is 8.49. The first-order valence-electron chi connectivity index (χ1n) is 14.2. The zero-order chi connectivity index (χ0) is 26.8. The summed E-state index contributed by atoms with van der Waals surface area (Å²) in [4.78, 5) is 43.4. The zero-order valence-corrected chi connectivity index (χ0v) is 22.4. The molecular formula is C30H37N5O4. The van der Waals surface area contributed by atoms with Gasteiger partial charge in [0.15, 0.2) is 0 Å². The van der Waals surface area contributed by atoms with E-state index in [2.05, 4.69) is 44.7 Å². The number of piperazine rings is 1. The first-order valence-corrected chi connectivity index (χ1v) is 14.2. The fourth-order valence-corrected chi connectivity index (χ4v) is 6.26. The Labute approximate surface area is 229 Å². The van der Waals surface area contributed by atoms with Gasteiger partial charge in [0.1, 0.15) is 18.4 Å². The first-order chi connectivity index (χ1) is 19.0. The summed E-state index contributed by atoms with van der Waals surface area (Å²) < 4.78 is 6.28. The van der Waals surface area contributed by atoms with Gasteiger partial charge in [-0.05, 0) is 67.3 Å². The lowest BCUT2D eigenvalue weighted by molar-refractivity contribution is -0.136. The monoisotopic (exact) mass is 531 g/mol. The molecule has 2 unspecified atom stereocenters. The minimum atomic E-state index is -0.603. The topological polar surface area (TPSA) is 94.2 Å². The number of anilines is 1. The van der Waals surface area contributed by atoms with Gasteiger partial charge in [-0.3, -0.25) is 24.6 Å². The quantitative estimate of drug-likeness (QED) is 0.530. The Morgan fingerprint density at radius 1 is 0.923 bits per heavy atom. The summed E-state index contributed by atoms with van der Waals surface area (Å²) in [5, 5.41) is 5.76. The Balaban J connectivity index is 1.06. The van der Waals surface area contributed by atoms with Crippen LogP contribution in [0.3, 0.4) is 0 Å². The van der Waals surface area contributed by atoms with Crippen molar-refractivity contribution in [1.29, 1.82) is 0 Å². The van der Waals surface area contributed by atoms with Crippen molar-refractivity contribution in [2.24, 2.45) is 0 Å². The van der Waals surface area contributed by atoms with E-state index in [4.69, 9.17) is 4.74 Å². The van der Waals surface area contributed by atoms with Gasteiger partial charge >= 0.3 is 0 Å². The zero-order valence-electron chi connectivity index (χ0n) is 22.4. The molecule has 3 amide bonds. The number of carbonyl (C=O) groups is 3. The third kappa shape index (κ3) is 5.65. The van der Waals surface area contributed by atoms with Crippen molar-refractivity contribution in [3.05, 3.63) is 59.2 Å². The predicted octanol–water partition coefficient (Wildman–Crippen LogP) is 2.29. The number of fused-ring (bicyclic) bond motifs is 1. The van der Waals surface area contributed by atoms with Crippen molar-refractivity contribution in [3.8, 4) is 5.75 Å². The van der Waals surface area contributed by atoms with Crippen LogP contribution < -0.4 is 20.3 Å². The maximum Gasteiger partial charge on any atom is 0.255 e. The van der Waals surface area contributed by atoms with Crippen molar-refractivity contribution in [2.75, 3.05) is 44.2 Å². The van der Waals surface area contributed by atoms with Crippen molar-refractivity contribution >= 4 is 23.4 Å². The van der Waals surface area contributed by atoms with Gasteiger partial charge in [-0.1, -0.05) is 18.6 Å². The third-order valence-corrected chi connectivity index (χ3v) is 8.49. The lowest BCUT2D eigenvalue weighted by atomic mass is 10.0. The van der Waals surface area contributed by atoms with Crippen LogP contribution in [0.15, 0.2) is 42.5 Å². The van der Waals surface area contributed by atoms with Gasteiger partial charge in [-0.2, -0.15) is 0 Å². The molecular weight excluding hydrogens is 494 g/mol. The van der Waals surface area contributed by atoms with Crippen molar-refractivity contribution in [1.82, 2.24) is 20.4 Å². The molecule has 9 heteroatoms. The average molecular weight is 532 g/mol. The van der Waals surface area contributed by atoms with E-state index in [9.17, 15) is 14.4 Å². The number of likely N-dealkylation sites (tertiary alicyclic amines) is 1. The van der Waals surface area contributed by atoms with Crippen LogP contribution in [-0.2, 0) is 22.7 Å². The van der Waals surface area contributed by atoms with E-state index in [1.165, 1.54) is 24.1 Å². The maximum atomic E-state index is 13.0. The molecule has 0 spiro atoms. The molecule has 3 fully saturated rings. The van der Waals surface area contributed by atoms with E-state index in [-0.39, 0.29) is 24.1 Å². The number of hydrogen-bond donors (Lipinski definition) is 2. The van der Waals surface area contributed by atoms with Crippen LogP contribution in [0.1, 0.15) is 53.6 Å². The Kier molecular flexibility index (Phi) is 7.52. The summed E-state index contributed by atoms with van der Waals surface area (Å²) in [7, 11) is 0. The molecule has 2 aromatic rings. The largest absolute Gasteiger partial charge is 0.492 e. The SMILES string of the molecule is O=C1CCC(N2Cc3cc(OCC4CCCCN4Cc4ccc(N5CCNCC5)cc4)ccc3C2=O)C(=O)N1. The molecule has 9 nitrogen and oxygen atoms in total. The summed E-state index contributed by atoms with van der Waals surface area (Å²) in [6, 6.07) is 14.3. The summed E-state index contributed by atoms with van der Waals surface area (Å²) in [5.41, 5.74) is 4.10. The molecule has 4 aliphatic rings. The second-order valence-corrected chi connectivity index (χ2v) is 11.1. The number of hydrogen-bond acceptors (Lipinski definition) is 7. The van der Waals surface area contributed by atoms with Gasteiger partial charge in [-0.25, -0.2) is 0 Å². The second-order valence-electron chi connectivity index (χ2n) is 11.1. The lowest BCUT2D eigenvalue weighted by Crippen LogP contribution is -2.52. The molecule has 0 saturated carbocycles. The Hall–Kier alpha value is -3.43. The van der Waals surface area contributed by atoms with Crippen molar-refractivity contribution in [2.45, 2.75) is 57.3 Å². The number of benzene rings is 2. The predicted molar refractivity (Wildman–Crippen MR) is 148 cm³/mol. The van der Waals surface area contributed by atoms with Gasteiger partial charge in [0, 0.05) is 63.0 Å². The molecule has 0 radical (unpaired) electrons. The smallest absolute Gasteiger partial charge is 0.255 e. The number of nitrogens with one attached hydrogen (secondary N) is 2. The van der Waals surface area contributed by atoms with Crippen LogP contribution >= 0.6 is 0 Å². The van der Waals surface area contributed by atoms with Crippen molar-refractivity contribution in [3.63, 3.8) is 0 Å². The number of piperidine rings is 2. The summed E-state index contributed by atoms with van der Waals surface area (Å²) in [6.07, 6.45) is 4.12. The van der Waals surface area contributed by atoms with E-state index >= 15 is 0 Å². The van der Waals surface area contributed by atoms with E-state index < -0.39 is 6.04 Å². The fraction of sp³-hybridized carbons (Fsp3) is 0.500. The number of rotatable bonds is 7. The number of carbonyl (C=O) groups excluding carboxylic acids is 3. The molecule has 39 heavy (non-hydrogen) atoms. The first kappa shape index (κ1) is 25.8. The van der Waals surface area contributed by atoms with Crippen LogP contribution in [0.2, 0.25) is 0 Å². The molecule has 0 aromatic heterocycles. The fourth-order valence-electron chi connectivity index (χ4n) is 6.26. The molecule has 0 aliphatic carbocycles. The van der Waals surface area contributed by atoms with Crippen LogP contribution in [0.5, 0.6) is 5.75 Å². The number of nitrogens with zero attached hydrogens (tertiary/aromatic N) is 3. The minimum Gasteiger partial charge on any atom is -0.492 e. The summed E-state index contributed by atoms with van der Waals surface area (Å²) >= 11 is 0. The van der Waals surface area contributed by atoms with Gasteiger partial charge < -0.3 is 19.9 Å². The molecule has 2 aromatic carbocycles. The van der Waals surface area contributed by atoms with Crippen molar-refractivity contribution < 1.29 is 19.1 Å². The number of imide groups is 1. The van der Waals surface area contributed by atoms with E-state index in [0.29, 0.717) is 31.2 Å². The van der Waals surface area contributed by atoms with Crippen LogP contribution in [0.25, 0.3) is 0 Å². The van der Waals surface area contributed by atoms with Gasteiger partial charge in [0.05, 0.1) is 0 Å². The number of amides is 3. The normalized spacial score (nSPS) is 24.1. The molecule has 206 valence electrons. The highest BCUT2D eigenvalue weighted by Gasteiger charge is 2.39. The van der Waals surface area contributed by atoms with Crippen LogP contribution in [0.4, 0.5) is 5.69 Å². The summed E-state index contributed by atoms with van der Waals surface area (Å²) in [5.74, 6) is -0.0789. The highest BCUT2D eigenvalue weighted by Crippen LogP contribution is 2.31. The summed E-state index contributed by atoms with van der Waals surface area (Å²) in [6.45, 7) is 7.11. The Bertz CT molecular complexity index is 1230. The lowest BCUT2D eigenvalue weighted by Gasteiger charge is -2.35. The minimum absolute atomic E-state index is 0.160. The number of ether oxygens (including phenoxy) is 1. The van der Waals surface area contributed by atoms with E-state index in [1.54, 1.807) is 11.0 Å². The van der Waals surface area contributed by atoms with E-state index in [1.807, 2.05) is 12.1 Å². The molecule has 3 saturated heterocycles. The highest BCUT2D eigenvalue weighted by molar-refractivity contribution is 6.05. The Morgan fingerprint density at radius 3 is 2.54 bits per heavy atom. The molecule has 2 N–H and O–H groups in total. The average Bonchev–Trinajstić information content (AvgIpc) is 3.28. The van der Waals surface area contributed by atoms with Crippen LogP contribution in [-0.4, -0.2) is 78.9 Å². The molecule has 2 atom stereocenters. The van der Waals surface area contributed by atoms with Gasteiger partial charge in [0.25, 0.3) is 5.91 Å². The standard InChI is InChI=1S/C30H37N5O4/c36-28-11-10-27(29(37)32-28)35-19-22-17-25(8-9-26(22)30(35)38)39-20-24-3-1-2-14-34(24)18-21-4-6-23(7-5-21)33-15-12-31-13-16-33/h4-9,17,24,27,31H,1-3,10-16,18-20H2,(H,32,36,37). The Morgan fingerprint density at radius 2 is 1.74 bits per heavy atom. The second kappa shape index (κ2) is 11.4. The maximum absolute atomic E-state index is 13.0. The molecule has 4 heterocycles. The highest BCUT2D eigenvalue weighted by atomic mass is 16.5. The molecule has 0 bridgehead atoms. The molecule has 6 rings (SSSR count). The van der Waals surface area contributed by atoms with Gasteiger partial charge in [-0.15, -0.1) is 0 Å². The van der Waals surface area contributed by atoms with Crippen LogP contribution in [0, 0.1) is 0 Å². The van der Waals surface area contributed by atoms with E-state index in [0.717, 1.165) is 57.0 Å². The molecule has 4 aliphatic heterocycles. The van der Waals surface area contributed by atoms with Gasteiger partial charge in [0.2, 0.25) is 11.8 Å².